The predicted molar refractivity (Wildman–Crippen MR) is 120 cm³/mol. The number of aromatic nitrogens is 2. The molecule has 2 aromatic heterocycles. The first kappa shape index (κ1) is 21.4. The van der Waals surface area contributed by atoms with Gasteiger partial charge in [-0.15, -0.1) is 10.2 Å². The van der Waals surface area contributed by atoms with Gasteiger partial charge < -0.3 is 19.1 Å². The molecule has 0 spiro atoms. The van der Waals surface area contributed by atoms with E-state index in [-0.39, 0.29) is 24.1 Å². The van der Waals surface area contributed by atoms with Crippen LogP contribution in [-0.4, -0.2) is 34.8 Å². The zero-order chi connectivity index (χ0) is 22.3. The van der Waals surface area contributed by atoms with E-state index in [1.165, 1.54) is 4.90 Å². The SMILES string of the molecule is CN(C(=O)CSc1nnc(-c2ccccc2)o1)c1ccccc1C(=O)NCc1ccco1. The molecule has 2 amide bonds. The van der Waals surface area contributed by atoms with E-state index in [1.807, 2.05) is 30.3 Å². The summed E-state index contributed by atoms with van der Waals surface area (Å²) in [6.07, 6.45) is 1.55. The summed E-state index contributed by atoms with van der Waals surface area (Å²) in [5.41, 5.74) is 1.71. The number of thioether (sulfide) groups is 1. The molecule has 4 rings (SSSR count). The number of carbonyl (C=O) groups is 2. The van der Waals surface area contributed by atoms with Crippen molar-refractivity contribution in [3.63, 3.8) is 0 Å². The Kier molecular flexibility index (Phi) is 6.66. The van der Waals surface area contributed by atoms with Crippen LogP contribution in [-0.2, 0) is 11.3 Å². The summed E-state index contributed by atoms with van der Waals surface area (Å²) >= 11 is 1.15. The number of nitrogens with one attached hydrogen (secondary N) is 1. The van der Waals surface area contributed by atoms with Crippen LogP contribution in [0.15, 0.2) is 87.1 Å². The third-order valence-corrected chi connectivity index (χ3v) is 5.44. The summed E-state index contributed by atoms with van der Waals surface area (Å²) in [6, 6.07) is 19.9. The molecular weight excluding hydrogens is 428 g/mol. The summed E-state index contributed by atoms with van der Waals surface area (Å²) in [5, 5.41) is 11.1. The Morgan fingerprint density at radius 3 is 2.56 bits per heavy atom. The fourth-order valence-electron chi connectivity index (χ4n) is 2.95. The number of anilines is 1. The van der Waals surface area contributed by atoms with Gasteiger partial charge in [0.05, 0.1) is 29.8 Å². The van der Waals surface area contributed by atoms with Crippen LogP contribution >= 0.6 is 11.8 Å². The van der Waals surface area contributed by atoms with E-state index in [1.54, 1.807) is 49.7 Å². The number of carbonyl (C=O) groups excluding carboxylic acids is 2. The molecule has 0 aliphatic carbocycles. The first-order valence-corrected chi connectivity index (χ1v) is 10.8. The van der Waals surface area contributed by atoms with Gasteiger partial charge in [-0.2, -0.15) is 0 Å². The average molecular weight is 449 g/mol. The minimum atomic E-state index is -0.297. The molecule has 0 aliphatic rings. The van der Waals surface area contributed by atoms with Gasteiger partial charge in [-0.3, -0.25) is 9.59 Å². The lowest BCUT2D eigenvalue weighted by Gasteiger charge is -2.20. The number of nitrogens with zero attached hydrogens (tertiary/aromatic N) is 3. The zero-order valence-corrected chi connectivity index (χ0v) is 18.0. The second kappa shape index (κ2) is 9.97. The highest BCUT2D eigenvalue weighted by Gasteiger charge is 2.20. The number of rotatable bonds is 8. The maximum Gasteiger partial charge on any atom is 0.277 e. The van der Waals surface area contributed by atoms with E-state index in [9.17, 15) is 9.59 Å². The molecule has 9 heteroatoms. The van der Waals surface area contributed by atoms with E-state index < -0.39 is 0 Å². The molecule has 0 unspecified atom stereocenters. The maximum absolute atomic E-state index is 12.8. The molecule has 2 aromatic carbocycles. The molecule has 0 fully saturated rings. The predicted octanol–water partition coefficient (Wildman–Crippen LogP) is 4.01. The van der Waals surface area contributed by atoms with E-state index in [4.69, 9.17) is 8.83 Å². The van der Waals surface area contributed by atoms with Crippen molar-refractivity contribution in [3.8, 4) is 11.5 Å². The third-order valence-electron chi connectivity index (χ3n) is 4.63. The molecule has 4 aromatic rings. The highest BCUT2D eigenvalue weighted by atomic mass is 32.2. The molecule has 32 heavy (non-hydrogen) atoms. The monoisotopic (exact) mass is 448 g/mol. The van der Waals surface area contributed by atoms with E-state index >= 15 is 0 Å². The van der Waals surface area contributed by atoms with Gasteiger partial charge in [0.15, 0.2) is 0 Å². The van der Waals surface area contributed by atoms with Gasteiger partial charge in [0, 0.05) is 12.6 Å². The Labute approximate surface area is 188 Å². The lowest BCUT2D eigenvalue weighted by atomic mass is 10.1. The van der Waals surface area contributed by atoms with Crippen LogP contribution in [0.4, 0.5) is 5.69 Å². The van der Waals surface area contributed by atoms with E-state index in [0.717, 1.165) is 17.3 Å². The average Bonchev–Trinajstić information content (AvgIpc) is 3.53. The smallest absolute Gasteiger partial charge is 0.277 e. The van der Waals surface area contributed by atoms with Crippen LogP contribution in [0.2, 0.25) is 0 Å². The van der Waals surface area contributed by atoms with Gasteiger partial charge in [-0.25, -0.2) is 0 Å². The molecule has 0 saturated heterocycles. The van der Waals surface area contributed by atoms with Crippen LogP contribution < -0.4 is 10.2 Å². The third kappa shape index (κ3) is 5.06. The minimum Gasteiger partial charge on any atom is -0.467 e. The van der Waals surface area contributed by atoms with E-state index in [0.29, 0.717) is 28.1 Å². The maximum atomic E-state index is 12.8. The van der Waals surface area contributed by atoms with Gasteiger partial charge in [0.2, 0.25) is 11.8 Å². The van der Waals surface area contributed by atoms with Gasteiger partial charge in [-0.05, 0) is 36.4 Å². The molecule has 0 aliphatic heterocycles. The van der Waals surface area contributed by atoms with E-state index in [2.05, 4.69) is 15.5 Å². The molecule has 162 valence electrons. The van der Waals surface area contributed by atoms with Crippen molar-refractivity contribution < 1.29 is 18.4 Å². The van der Waals surface area contributed by atoms with Crippen molar-refractivity contribution in [2.45, 2.75) is 11.8 Å². The quantitative estimate of drug-likeness (QED) is 0.406. The Hall–Kier alpha value is -3.85. The first-order valence-electron chi connectivity index (χ1n) is 9.79. The fourth-order valence-corrected chi connectivity index (χ4v) is 3.63. The Morgan fingerprint density at radius 2 is 1.78 bits per heavy atom. The van der Waals surface area contributed by atoms with Crippen LogP contribution in [0.1, 0.15) is 16.1 Å². The molecule has 0 radical (unpaired) electrons. The number of para-hydroxylation sites is 1. The van der Waals surface area contributed by atoms with Crippen molar-refractivity contribution in [1.29, 1.82) is 0 Å². The highest BCUT2D eigenvalue weighted by Crippen LogP contribution is 2.25. The number of amides is 2. The number of benzene rings is 2. The first-order chi connectivity index (χ1) is 15.6. The normalized spacial score (nSPS) is 10.7. The second-order valence-corrected chi connectivity index (χ2v) is 7.69. The van der Waals surface area contributed by atoms with Gasteiger partial charge in [0.25, 0.3) is 11.1 Å². The van der Waals surface area contributed by atoms with Crippen LogP contribution in [0.25, 0.3) is 11.5 Å². The standard InChI is InChI=1S/C23H20N4O4S/c1-27(19-12-6-5-11-18(19)21(29)24-14-17-10-7-13-30-17)20(28)15-32-23-26-25-22(31-23)16-8-3-2-4-9-16/h2-13H,14-15H2,1H3,(H,24,29). The summed E-state index contributed by atoms with van der Waals surface area (Å²) in [7, 11) is 1.63. The van der Waals surface area contributed by atoms with Gasteiger partial charge in [-0.1, -0.05) is 42.1 Å². The summed E-state index contributed by atoms with van der Waals surface area (Å²) < 4.78 is 10.9. The Morgan fingerprint density at radius 1 is 1.00 bits per heavy atom. The largest absolute Gasteiger partial charge is 0.467 e. The van der Waals surface area contributed by atoms with Crippen LogP contribution in [0, 0.1) is 0 Å². The number of furan rings is 1. The number of hydrogen-bond acceptors (Lipinski definition) is 7. The van der Waals surface area contributed by atoms with Crippen molar-refractivity contribution in [2.75, 3.05) is 17.7 Å². The van der Waals surface area contributed by atoms with Crippen molar-refractivity contribution in [2.24, 2.45) is 0 Å². The summed E-state index contributed by atoms with van der Waals surface area (Å²) in [6.45, 7) is 0.259. The Bertz CT molecular complexity index is 1190. The molecule has 2 heterocycles. The van der Waals surface area contributed by atoms with Crippen LogP contribution in [0.3, 0.4) is 0 Å². The molecular formula is C23H20N4O4S. The lowest BCUT2D eigenvalue weighted by molar-refractivity contribution is -0.115. The topological polar surface area (TPSA) is 101 Å². The zero-order valence-electron chi connectivity index (χ0n) is 17.2. The van der Waals surface area contributed by atoms with Crippen LogP contribution in [0.5, 0.6) is 0 Å². The van der Waals surface area contributed by atoms with Gasteiger partial charge in [0.1, 0.15) is 5.76 Å². The molecule has 0 saturated carbocycles. The summed E-state index contributed by atoms with van der Waals surface area (Å²) in [5.74, 6) is 0.614. The number of hydrogen-bond donors (Lipinski definition) is 1. The summed E-state index contributed by atoms with van der Waals surface area (Å²) in [4.78, 5) is 26.9. The highest BCUT2D eigenvalue weighted by molar-refractivity contribution is 7.99. The molecule has 8 nitrogen and oxygen atoms in total. The fraction of sp³-hybridized carbons (Fsp3) is 0.130. The molecule has 0 atom stereocenters. The molecule has 0 bridgehead atoms. The Balaban J connectivity index is 1.39. The van der Waals surface area contributed by atoms with Crippen molar-refractivity contribution >= 4 is 29.3 Å². The van der Waals surface area contributed by atoms with Crippen molar-refractivity contribution in [3.05, 3.63) is 84.3 Å². The lowest BCUT2D eigenvalue weighted by Crippen LogP contribution is -2.31. The molecule has 1 N–H and O–H groups in total. The van der Waals surface area contributed by atoms with Crippen molar-refractivity contribution in [1.82, 2.24) is 15.5 Å². The minimum absolute atomic E-state index is 0.0786. The van der Waals surface area contributed by atoms with Gasteiger partial charge >= 0.3 is 0 Å². The second-order valence-electron chi connectivity index (χ2n) is 6.76.